The highest BCUT2D eigenvalue weighted by Crippen LogP contribution is 2.34. The Hall–Kier alpha value is -2.08. The van der Waals surface area contributed by atoms with Gasteiger partial charge in [-0.25, -0.2) is 4.79 Å². The van der Waals surface area contributed by atoms with Gasteiger partial charge in [-0.3, -0.25) is 14.6 Å². The van der Waals surface area contributed by atoms with Crippen molar-refractivity contribution in [3.05, 3.63) is 29.5 Å². The average molecular weight is 323 g/mol. The van der Waals surface area contributed by atoms with Crippen molar-refractivity contribution in [1.82, 2.24) is 14.8 Å². The summed E-state index contributed by atoms with van der Waals surface area (Å²) in [6.07, 6.45) is 2.86. The summed E-state index contributed by atoms with van der Waals surface area (Å²) in [5.41, 5.74) is 0.775. The number of anilines is 1. The first-order valence-electron chi connectivity index (χ1n) is 6.80. The maximum Gasteiger partial charge on any atom is 0.415 e. The molecule has 0 bridgehead atoms. The molecule has 0 radical (unpaired) electrons. The molecule has 7 heteroatoms. The van der Waals surface area contributed by atoms with Crippen LogP contribution in [0.4, 0.5) is 10.6 Å². The predicted molar refractivity (Wildman–Crippen MR) is 86.1 cm³/mol. The molecule has 2 heterocycles. The topological polar surface area (TPSA) is 60.3 Å². The molecule has 2 aromatic heterocycles. The molecule has 0 aliphatic heterocycles. The SMILES string of the molecule is CN(C(=O)OC(C)(C)C)c1c(Cl)c(-c2cccnc2)nn1C. The number of aryl methyl sites for hydroxylation is 1. The van der Waals surface area contributed by atoms with Gasteiger partial charge in [-0.15, -0.1) is 0 Å². The van der Waals surface area contributed by atoms with Crippen molar-refractivity contribution >= 4 is 23.5 Å². The van der Waals surface area contributed by atoms with Crippen LogP contribution in [0.25, 0.3) is 11.3 Å². The van der Waals surface area contributed by atoms with Gasteiger partial charge >= 0.3 is 6.09 Å². The van der Waals surface area contributed by atoms with E-state index in [1.807, 2.05) is 26.8 Å². The fraction of sp³-hybridized carbons (Fsp3) is 0.400. The van der Waals surface area contributed by atoms with E-state index in [0.717, 1.165) is 5.56 Å². The lowest BCUT2D eigenvalue weighted by molar-refractivity contribution is 0.0587. The third kappa shape index (κ3) is 3.39. The fourth-order valence-electron chi connectivity index (χ4n) is 1.96. The molecule has 1 amide bonds. The highest BCUT2D eigenvalue weighted by atomic mass is 35.5. The smallest absolute Gasteiger partial charge is 0.415 e. The summed E-state index contributed by atoms with van der Waals surface area (Å²) >= 11 is 6.41. The molecule has 0 saturated carbocycles. The molecular formula is C15H19ClN4O2. The number of ether oxygens (including phenoxy) is 1. The number of aromatic nitrogens is 3. The molecule has 0 aliphatic carbocycles. The number of nitrogens with zero attached hydrogens (tertiary/aromatic N) is 4. The van der Waals surface area contributed by atoms with Crippen LogP contribution in [0.1, 0.15) is 20.8 Å². The van der Waals surface area contributed by atoms with Crippen molar-refractivity contribution < 1.29 is 9.53 Å². The van der Waals surface area contributed by atoms with E-state index in [2.05, 4.69) is 10.1 Å². The van der Waals surface area contributed by atoms with E-state index in [1.165, 1.54) is 4.90 Å². The summed E-state index contributed by atoms with van der Waals surface area (Å²) < 4.78 is 6.90. The quantitative estimate of drug-likeness (QED) is 0.849. The second-order valence-electron chi connectivity index (χ2n) is 5.89. The molecule has 0 spiro atoms. The molecule has 0 aliphatic rings. The molecule has 6 nitrogen and oxygen atoms in total. The predicted octanol–water partition coefficient (Wildman–Crippen LogP) is 3.51. The summed E-state index contributed by atoms with van der Waals surface area (Å²) in [5, 5.41) is 4.75. The highest BCUT2D eigenvalue weighted by molar-refractivity contribution is 6.36. The number of hydrogen-bond donors (Lipinski definition) is 0. The highest BCUT2D eigenvalue weighted by Gasteiger charge is 2.26. The monoisotopic (exact) mass is 322 g/mol. The van der Waals surface area contributed by atoms with Gasteiger partial charge in [0.2, 0.25) is 0 Å². The Morgan fingerprint density at radius 2 is 2.09 bits per heavy atom. The molecule has 0 N–H and O–H groups in total. The number of amides is 1. The second-order valence-corrected chi connectivity index (χ2v) is 6.27. The molecular weight excluding hydrogens is 304 g/mol. The zero-order valence-corrected chi connectivity index (χ0v) is 14.0. The molecule has 118 valence electrons. The molecule has 22 heavy (non-hydrogen) atoms. The molecule has 2 rings (SSSR count). The van der Waals surface area contributed by atoms with E-state index < -0.39 is 11.7 Å². The van der Waals surface area contributed by atoms with Crippen molar-refractivity contribution in [3.63, 3.8) is 0 Å². The van der Waals surface area contributed by atoms with Crippen LogP contribution in [0, 0.1) is 0 Å². The fourth-order valence-corrected chi connectivity index (χ4v) is 2.35. The van der Waals surface area contributed by atoms with Crippen LogP contribution < -0.4 is 4.90 Å². The van der Waals surface area contributed by atoms with Crippen molar-refractivity contribution in [1.29, 1.82) is 0 Å². The van der Waals surface area contributed by atoms with Crippen molar-refractivity contribution in [2.24, 2.45) is 7.05 Å². The average Bonchev–Trinajstić information content (AvgIpc) is 2.72. The number of carbonyl (C=O) groups excluding carboxylic acids is 1. The van der Waals surface area contributed by atoms with Crippen molar-refractivity contribution in [2.75, 3.05) is 11.9 Å². The molecule has 0 fully saturated rings. The van der Waals surface area contributed by atoms with E-state index in [-0.39, 0.29) is 0 Å². The van der Waals surface area contributed by atoms with E-state index in [4.69, 9.17) is 16.3 Å². The van der Waals surface area contributed by atoms with Gasteiger partial charge in [0.25, 0.3) is 0 Å². The molecule has 0 unspecified atom stereocenters. The van der Waals surface area contributed by atoms with Gasteiger partial charge in [0, 0.05) is 32.1 Å². The third-order valence-corrected chi connectivity index (χ3v) is 3.23. The lowest BCUT2D eigenvalue weighted by Crippen LogP contribution is -2.35. The second kappa shape index (κ2) is 5.96. The minimum atomic E-state index is -0.581. The van der Waals surface area contributed by atoms with Gasteiger partial charge in [-0.1, -0.05) is 11.6 Å². The third-order valence-electron chi connectivity index (χ3n) is 2.88. The van der Waals surface area contributed by atoms with Crippen molar-refractivity contribution in [2.45, 2.75) is 26.4 Å². The van der Waals surface area contributed by atoms with Crippen LogP contribution in [0.3, 0.4) is 0 Å². The van der Waals surface area contributed by atoms with Gasteiger partial charge < -0.3 is 4.74 Å². The van der Waals surface area contributed by atoms with Gasteiger partial charge in [0.15, 0.2) is 5.82 Å². The number of carbonyl (C=O) groups is 1. The zero-order chi connectivity index (χ0) is 16.5. The Labute approximate surface area is 134 Å². The Morgan fingerprint density at radius 3 is 2.64 bits per heavy atom. The Kier molecular flexibility index (Phi) is 4.42. The first-order chi connectivity index (χ1) is 10.2. The molecule has 0 atom stereocenters. The Balaban J connectivity index is 2.37. The largest absolute Gasteiger partial charge is 0.443 e. The summed E-state index contributed by atoms with van der Waals surface area (Å²) in [4.78, 5) is 17.6. The van der Waals surface area contributed by atoms with Crippen LogP contribution in [-0.4, -0.2) is 33.5 Å². The van der Waals surface area contributed by atoms with Crippen LogP contribution in [0.15, 0.2) is 24.5 Å². The van der Waals surface area contributed by atoms with Crippen LogP contribution >= 0.6 is 11.6 Å². The number of rotatable bonds is 2. The number of hydrogen-bond acceptors (Lipinski definition) is 4. The molecule has 2 aromatic rings. The van der Waals surface area contributed by atoms with Gasteiger partial charge in [-0.2, -0.15) is 5.10 Å². The van der Waals surface area contributed by atoms with Gasteiger partial charge in [-0.05, 0) is 32.9 Å². The first kappa shape index (κ1) is 16.3. The maximum absolute atomic E-state index is 12.2. The summed E-state index contributed by atoms with van der Waals surface area (Å²) in [7, 11) is 3.33. The standard InChI is InChI=1S/C15H19ClN4O2/c1-15(2,3)22-14(21)19(4)13-11(16)12(18-20(13)5)10-7-6-8-17-9-10/h6-9H,1-5H3. The van der Waals surface area contributed by atoms with Crippen LogP contribution in [-0.2, 0) is 11.8 Å². The zero-order valence-electron chi connectivity index (χ0n) is 13.3. The minimum absolute atomic E-state index is 0.379. The van der Waals surface area contributed by atoms with Gasteiger partial charge in [0.05, 0.1) is 0 Å². The Morgan fingerprint density at radius 1 is 1.41 bits per heavy atom. The molecule has 0 saturated heterocycles. The number of halogens is 1. The lowest BCUT2D eigenvalue weighted by atomic mass is 10.2. The van der Waals surface area contributed by atoms with Crippen molar-refractivity contribution in [3.8, 4) is 11.3 Å². The first-order valence-corrected chi connectivity index (χ1v) is 7.18. The minimum Gasteiger partial charge on any atom is -0.443 e. The van der Waals surface area contributed by atoms with Gasteiger partial charge in [0.1, 0.15) is 16.3 Å². The van der Waals surface area contributed by atoms with E-state index in [0.29, 0.717) is 16.5 Å². The summed E-state index contributed by atoms with van der Waals surface area (Å²) in [6, 6.07) is 3.66. The number of pyridine rings is 1. The lowest BCUT2D eigenvalue weighted by Gasteiger charge is -2.24. The summed E-state index contributed by atoms with van der Waals surface area (Å²) in [5.74, 6) is 0.467. The van der Waals surface area contributed by atoms with Crippen LogP contribution in [0.2, 0.25) is 5.02 Å². The van der Waals surface area contributed by atoms with Crippen LogP contribution in [0.5, 0.6) is 0 Å². The maximum atomic E-state index is 12.2. The van der Waals surface area contributed by atoms with E-state index >= 15 is 0 Å². The van der Waals surface area contributed by atoms with E-state index in [9.17, 15) is 4.79 Å². The normalized spacial score (nSPS) is 11.4. The summed E-state index contributed by atoms with van der Waals surface area (Å²) in [6.45, 7) is 5.43. The molecule has 0 aromatic carbocycles. The van der Waals surface area contributed by atoms with E-state index in [1.54, 1.807) is 37.2 Å². The Bertz CT molecular complexity index is 677.